The maximum Gasteiger partial charge on any atom is 0.321 e. The lowest BCUT2D eigenvalue weighted by Crippen LogP contribution is -2.44. The Bertz CT molecular complexity index is 487. The molecule has 116 valence electrons. The molecule has 3 N–H and O–H groups in total. The van der Waals surface area contributed by atoms with E-state index in [4.69, 9.17) is 5.11 Å². The molecule has 2 atom stereocenters. The van der Waals surface area contributed by atoms with Gasteiger partial charge in [0, 0.05) is 30.2 Å². The van der Waals surface area contributed by atoms with Gasteiger partial charge in [-0.05, 0) is 24.3 Å². The van der Waals surface area contributed by atoms with Crippen LogP contribution in [0.4, 0.5) is 4.79 Å². The molecule has 1 rings (SSSR count). The summed E-state index contributed by atoms with van der Waals surface area (Å²) in [5, 5.41) is 15.5. The minimum absolute atomic E-state index is 0.0129. The summed E-state index contributed by atoms with van der Waals surface area (Å²) in [4.78, 5) is 34.9. The van der Waals surface area contributed by atoms with E-state index in [1.54, 1.807) is 18.3 Å². The third-order valence-electron chi connectivity index (χ3n) is 2.77. The molecule has 0 spiro atoms. The SMILES string of the molecule is CC(CC(=O)O)CC(=O)NC(=O)NC(C)Cc1cccs1. The molecule has 0 aromatic carbocycles. The monoisotopic (exact) mass is 312 g/mol. The molecule has 2 unspecified atom stereocenters. The lowest BCUT2D eigenvalue weighted by molar-refractivity contribution is -0.138. The van der Waals surface area contributed by atoms with Gasteiger partial charge in [-0.1, -0.05) is 13.0 Å². The molecule has 0 bridgehead atoms. The number of aliphatic carboxylic acids is 1. The lowest BCUT2D eigenvalue weighted by Gasteiger charge is -2.14. The van der Waals surface area contributed by atoms with Crippen LogP contribution in [0.3, 0.4) is 0 Å². The number of hydrogen-bond acceptors (Lipinski definition) is 4. The van der Waals surface area contributed by atoms with E-state index in [9.17, 15) is 14.4 Å². The molecule has 0 aliphatic carbocycles. The van der Waals surface area contributed by atoms with Crippen LogP contribution in [0, 0.1) is 5.92 Å². The van der Waals surface area contributed by atoms with Crippen LogP contribution in [0.5, 0.6) is 0 Å². The average Bonchev–Trinajstić information content (AvgIpc) is 2.78. The fourth-order valence-electron chi connectivity index (χ4n) is 1.91. The highest BCUT2D eigenvalue weighted by Crippen LogP contribution is 2.11. The number of thiophene rings is 1. The van der Waals surface area contributed by atoms with Crippen molar-refractivity contribution in [3.63, 3.8) is 0 Å². The van der Waals surface area contributed by atoms with Gasteiger partial charge in [0.05, 0.1) is 0 Å². The first-order chi connectivity index (χ1) is 9.86. The molecule has 3 amide bonds. The molecule has 1 aromatic heterocycles. The van der Waals surface area contributed by atoms with E-state index in [0.717, 1.165) is 4.88 Å². The minimum Gasteiger partial charge on any atom is -0.481 e. The van der Waals surface area contributed by atoms with Crippen molar-refractivity contribution in [1.82, 2.24) is 10.6 Å². The van der Waals surface area contributed by atoms with Crippen LogP contribution < -0.4 is 10.6 Å². The highest BCUT2D eigenvalue weighted by atomic mass is 32.1. The second kappa shape index (κ2) is 8.41. The summed E-state index contributed by atoms with van der Waals surface area (Å²) in [7, 11) is 0. The average molecular weight is 312 g/mol. The zero-order valence-corrected chi connectivity index (χ0v) is 12.9. The summed E-state index contributed by atoms with van der Waals surface area (Å²) in [6.07, 6.45) is 0.623. The minimum atomic E-state index is -0.954. The van der Waals surface area contributed by atoms with E-state index in [1.807, 2.05) is 24.4 Å². The first-order valence-electron chi connectivity index (χ1n) is 6.71. The standard InChI is InChI=1S/C14H20N2O4S/c1-9(7-13(18)19)6-12(17)16-14(20)15-10(2)8-11-4-3-5-21-11/h3-5,9-10H,6-8H2,1-2H3,(H,18,19)(H2,15,16,17,20). The van der Waals surface area contributed by atoms with Crippen molar-refractivity contribution in [3.8, 4) is 0 Å². The van der Waals surface area contributed by atoms with Crippen molar-refractivity contribution in [3.05, 3.63) is 22.4 Å². The van der Waals surface area contributed by atoms with Crippen LogP contribution >= 0.6 is 11.3 Å². The Labute approximate surface area is 127 Å². The molecule has 6 nitrogen and oxygen atoms in total. The molecule has 0 aliphatic rings. The highest BCUT2D eigenvalue weighted by molar-refractivity contribution is 7.09. The zero-order chi connectivity index (χ0) is 15.8. The topological polar surface area (TPSA) is 95.5 Å². The van der Waals surface area contributed by atoms with E-state index in [-0.39, 0.29) is 24.8 Å². The molecule has 0 saturated carbocycles. The summed E-state index contributed by atoms with van der Waals surface area (Å²) >= 11 is 1.61. The van der Waals surface area contributed by atoms with Crippen molar-refractivity contribution < 1.29 is 19.5 Å². The lowest BCUT2D eigenvalue weighted by atomic mass is 10.0. The quantitative estimate of drug-likeness (QED) is 0.717. The molecule has 1 heterocycles. The van der Waals surface area contributed by atoms with Gasteiger partial charge in [-0.15, -0.1) is 11.3 Å². The van der Waals surface area contributed by atoms with Crippen molar-refractivity contribution in [2.45, 2.75) is 39.2 Å². The number of imide groups is 1. The van der Waals surface area contributed by atoms with Gasteiger partial charge in [0.1, 0.15) is 0 Å². The second-order valence-corrected chi connectivity index (χ2v) is 6.15. The van der Waals surface area contributed by atoms with Crippen LogP contribution in [-0.2, 0) is 16.0 Å². The van der Waals surface area contributed by atoms with Crippen LogP contribution in [0.2, 0.25) is 0 Å². The Balaban J connectivity index is 2.29. The third-order valence-corrected chi connectivity index (χ3v) is 3.67. The second-order valence-electron chi connectivity index (χ2n) is 5.11. The number of carboxylic acid groups (broad SMARTS) is 1. The first-order valence-corrected chi connectivity index (χ1v) is 7.59. The molecule has 21 heavy (non-hydrogen) atoms. The zero-order valence-electron chi connectivity index (χ0n) is 12.1. The molecular weight excluding hydrogens is 292 g/mol. The number of carbonyl (C=O) groups excluding carboxylic acids is 2. The van der Waals surface area contributed by atoms with Crippen LogP contribution in [0.1, 0.15) is 31.6 Å². The van der Waals surface area contributed by atoms with E-state index >= 15 is 0 Å². The fraction of sp³-hybridized carbons (Fsp3) is 0.500. The van der Waals surface area contributed by atoms with Crippen molar-refractivity contribution in [2.75, 3.05) is 0 Å². The largest absolute Gasteiger partial charge is 0.481 e. The number of hydrogen-bond donors (Lipinski definition) is 3. The van der Waals surface area contributed by atoms with Gasteiger partial charge in [0.25, 0.3) is 0 Å². The van der Waals surface area contributed by atoms with Gasteiger partial charge < -0.3 is 10.4 Å². The number of urea groups is 1. The maximum atomic E-state index is 11.6. The molecular formula is C14H20N2O4S. The van der Waals surface area contributed by atoms with Crippen LogP contribution in [-0.4, -0.2) is 29.1 Å². The van der Waals surface area contributed by atoms with Crippen molar-refractivity contribution in [2.24, 2.45) is 5.92 Å². The number of carbonyl (C=O) groups is 3. The Hall–Kier alpha value is -1.89. The molecule has 0 saturated heterocycles. The normalized spacial score (nSPS) is 13.2. The summed E-state index contributed by atoms with van der Waals surface area (Å²) in [6, 6.07) is 3.29. The van der Waals surface area contributed by atoms with E-state index in [0.29, 0.717) is 6.42 Å². The number of amides is 3. The van der Waals surface area contributed by atoms with E-state index in [1.165, 1.54) is 0 Å². The third kappa shape index (κ3) is 7.45. The van der Waals surface area contributed by atoms with Gasteiger partial charge in [-0.3, -0.25) is 14.9 Å². The van der Waals surface area contributed by atoms with Gasteiger partial charge >= 0.3 is 12.0 Å². The maximum absolute atomic E-state index is 11.6. The summed E-state index contributed by atoms with van der Waals surface area (Å²) in [5.74, 6) is -1.73. The van der Waals surface area contributed by atoms with Crippen LogP contribution in [0.25, 0.3) is 0 Å². The Morgan fingerprint density at radius 2 is 2.00 bits per heavy atom. The summed E-state index contributed by atoms with van der Waals surface area (Å²) < 4.78 is 0. The van der Waals surface area contributed by atoms with Gasteiger partial charge in [0.15, 0.2) is 0 Å². The predicted octanol–water partition coefficient (Wildman–Crippen LogP) is 2.01. The Kier molecular flexibility index (Phi) is 6.87. The number of rotatable bonds is 7. The number of carboxylic acids is 1. The van der Waals surface area contributed by atoms with Crippen molar-refractivity contribution in [1.29, 1.82) is 0 Å². The number of nitrogens with one attached hydrogen (secondary N) is 2. The summed E-state index contributed by atoms with van der Waals surface area (Å²) in [6.45, 7) is 3.52. The highest BCUT2D eigenvalue weighted by Gasteiger charge is 2.16. The van der Waals surface area contributed by atoms with Gasteiger partial charge in [0.2, 0.25) is 5.91 Å². The van der Waals surface area contributed by atoms with E-state index < -0.39 is 17.9 Å². The predicted molar refractivity (Wildman–Crippen MR) is 80.2 cm³/mol. The van der Waals surface area contributed by atoms with Crippen molar-refractivity contribution >= 4 is 29.2 Å². The molecule has 0 fully saturated rings. The summed E-state index contributed by atoms with van der Waals surface area (Å²) in [5.41, 5.74) is 0. The Morgan fingerprint density at radius 3 is 2.57 bits per heavy atom. The molecule has 0 aliphatic heterocycles. The fourth-order valence-corrected chi connectivity index (χ4v) is 2.74. The van der Waals surface area contributed by atoms with E-state index in [2.05, 4.69) is 10.6 Å². The van der Waals surface area contributed by atoms with Gasteiger partial charge in [-0.25, -0.2) is 4.79 Å². The Morgan fingerprint density at radius 1 is 1.29 bits per heavy atom. The first kappa shape index (κ1) is 17.2. The van der Waals surface area contributed by atoms with Gasteiger partial charge in [-0.2, -0.15) is 0 Å². The van der Waals surface area contributed by atoms with Crippen LogP contribution in [0.15, 0.2) is 17.5 Å². The molecule has 0 radical (unpaired) electrons. The molecule has 1 aromatic rings. The smallest absolute Gasteiger partial charge is 0.321 e. The molecule has 7 heteroatoms.